The van der Waals surface area contributed by atoms with E-state index in [0.29, 0.717) is 23.4 Å². The van der Waals surface area contributed by atoms with Gasteiger partial charge in [-0.05, 0) is 31.5 Å². The first-order chi connectivity index (χ1) is 11.5. The minimum absolute atomic E-state index is 0.0354. The molecule has 2 aromatic carbocycles. The van der Waals surface area contributed by atoms with Crippen LogP contribution in [-0.2, 0) is 4.79 Å². The molecule has 0 aliphatic carbocycles. The number of fused-ring (bicyclic) bond motifs is 1. The predicted molar refractivity (Wildman–Crippen MR) is 95.1 cm³/mol. The number of carbonyl (C=O) groups excluding carboxylic acids is 2. The van der Waals surface area contributed by atoms with Gasteiger partial charge in [0.15, 0.2) is 0 Å². The number of carbonyl (C=O) groups is 2. The number of hydrogen-bond acceptors (Lipinski definition) is 3. The van der Waals surface area contributed by atoms with E-state index in [-0.39, 0.29) is 23.9 Å². The van der Waals surface area contributed by atoms with Crippen molar-refractivity contribution in [1.29, 1.82) is 0 Å². The molecule has 0 bridgehead atoms. The van der Waals surface area contributed by atoms with E-state index in [1.165, 1.54) is 0 Å². The second-order valence-corrected chi connectivity index (χ2v) is 6.13. The predicted octanol–water partition coefficient (Wildman–Crippen LogP) is 3.32. The maximum Gasteiger partial charge on any atom is 0.253 e. The maximum atomic E-state index is 12.7. The highest BCUT2D eigenvalue weighted by Crippen LogP contribution is 2.30. The molecule has 3 rings (SSSR count). The molecule has 2 amide bonds. The van der Waals surface area contributed by atoms with Gasteiger partial charge in [-0.25, -0.2) is 0 Å². The number of rotatable bonds is 3. The summed E-state index contributed by atoms with van der Waals surface area (Å²) in [6.07, 6.45) is 0.371. The summed E-state index contributed by atoms with van der Waals surface area (Å²) in [6.45, 7) is 3.88. The quantitative estimate of drug-likeness (QED) is 0.811. The van der Waals surface area contributed by atoms with Crippen LogP contribution in [0, 0.1) is 0 Å². The van der Waals surface area contributed by atoms with Crippen molar-refractivity contribution >= 4 is 23.2 Å². The highest BCUT2D eigenvalue weighted by atomic mass is 16.2. The lowest BCUT2D eigenvalue weighted by atomic mass is 10.1. The molecule has 24 heavy (non-hydrogen) atoms. The summed E-state index contributed by atoms with van der Waals surface area (Å²) in [4.78, 5) is 24.6. The Hall–Kier alpha value is -2.82. The molecule has 0 unspecified atom stereocenters. The van der Waals surface area contributed by atoms with Crippen LogP contribution in [0.25, 0.3) is 0 Å². The molecule has 124 valence electrons. The second kappa shape index (κ2) is 6.74. The van der Waals surface area contributed by atoms with Crippen molar-refractivity contribution < 1.29 is 9.59 Å². The topological polar surface area (TPSA) is 70.2 Å². The Balaban J connectivity index is 1.86. The zero-order valence-electron chi connectivity index (χ0n) is 13.8. The Morgan fingerprint density at radius 1 is 1.17 bits per heavy atom. The van der Waals surface area contributed by atoms with Crippen LogP contribution >= 0.6 is 0 Å². The van der Waals surface area contributed by atoms with Gasteiger partial charge in [0.1, 0.15) is 0 Å². The average molecular weight is 323 g/mol. The van der Waals surface area contributed by atoms with Crippen LogP contribution in [0.2, 0.25) is 0 Å². The number of amides is 2. The molecule has 5 heteroatoms. The van der Waals surface area contributed by atoms with E-state index >= 15 is 0 Å². The van der Waals surface area contributed by atoms with Crippen molar-refractivity contribution in [1.82, 2.24) is 5.32 Å². The third kappa shape index (κ3) is 3.40. The van der Waals surface area contributed by atoms with Gasteiger partial charge in [-0.1, -0.05) is 36.4 Å². The van der Waals surface area contributed by atoms with Crippen LogP contribution < -0.4 is 16.0 Å². The Morgan fingerprint density at radius 3 is 2.67 bits per heavy atom. The first-order valence-electron chi connectivity index (χ1n) is 8.10. The Labute approximate surface area is 141 Å². The maximum absolute atomic E-state index is 12.7. The van der Waals surface area contributed by atoms with Crippen LogP contribution in [0.15, 0.2) is 48.5 Å². The number of para-hydroxylation sites is 1. The summed E-state index contributed by atoms with van der Waals surface area (Å²) in [6, 6.07) is 15.0. The minimum Gasteiger partial charge on any atom is -0.380 e. The van der Waals surface area contributed by atoms with Crippen LogP contribution in [0.4, 0.5) is 11.4 Å². The van der Waals surface area contributed by atoms with Crippen molar-refractivity contribution in [2.24, 2.45) is 0 Å². The SMILES string of the molecule is C[C@@H]1CC(=O)Nc2cccc(C(=O)N[C@H](C)c3ccccc3)c2N1. The van der Waals surface area contributed by atoms with Gasteiger partial charge >= 0.3 is 0 Å². The van der Waals surface area contributed by atoms with Crippen molar-refractivity contribution in [2.45, 2.75) is 32.4 Å². The molecule has 1 aliphatic rings. The molecular formula is C19H21N3O2. The van der Waals surface area contributed by atoms with Gasteiger partial charge in [0.05, 0.1) is 23.0 Å². The number of benzene rings is 2. The molecule has 1 heterocycles. The second-order valence-electron chi connectivity index (χ2n) is 6.13. The summed E-state index contributed by atoms with van der Waals surface area (Å²) >= 11 is 0. The number of hydrogen-bond donors (Lipinski definition) is 3. The zero-order valence-corrected chi connectivity index (χ0v) is 13.8. The Kier molecular flexibility index (Phi) is 4.51. The minimum atomic E-state index is -0.168. The molecule has 0 radical (unpaired) electrons. The molecule has 2 atom stereocenters. The fraction of sp³-hybridized carbons (Fsp3) is 0.263. The molecule has 5 nitrogen and oxygen atoms in total. The first-order valence-corrected chi connectivity index (χ1v) is 8.10. The van der Waals surface area contributed by atoms with E-state index in [4.69, 9.17) is 0 Å². The van der Waals surface area contributed by atoms with E-state index < -0.39 is 0 Å². The van der Waals surface area contributed by atoms with E-state index in [9.17, 15) is 9.59 Å². The molecular weight excluding hydrogens is 302 g/mol. The van der Waals surface area contributed by atoms with Crippen molar-refractivity contribution in [3.05, 3.63) is 59.7 Å². The largest absolute Gasteiger partial charge is 0.380 e. The molecule has 3 N–H and O–H groups in total. The van der Waals surface area contributed by atoms with Gasteiger partial charge in [-0.15, -0.1) is 0 Å². The van der Waals surface area contributed by atoms with Gasteiger partial charge in [-0.2, -0.15) is 0 Å². The van der Waals surface area contributed by atoms with Crippen molar-refractivity contribution in [3.63, 3.8) is 0 Å². The van der Waals surface area contributed by atoms with E-state index in [0.717, 1.165) is 5.56 Å². The van der Waals surface area contributed by atoms with E-state index in [1.54, 1.807) is 18.2 Å². The standard InChI is InChI=1S/C19H21N3O2/c1-12-11-17(23)22-16-10-6-9-15(18(16)20-12)19(24)21-13(2)14-7-4-3-5-8-14/h3-10,12-13,20H,11H2,1-2H3,(H,21,24)(H,22,23)/t12-,13-/m1/s1. The first kappa shape index (κ1) is 16.1. The molecule has 1 aliphatic heterocycles. The van der Waals surface area contributed by atoms with Gasteiger partial charge < -0.3 is 16.0 Å². The van der Waals surface area contributed by atoms with Crippen LogP contribution in [0.5, 0.6) is 0 Å². The van der Waals surface area contributed by atoms with Gasteiger partial charge in [0.25, 0.3) is 5.91 Å². The average Bonchev–Trinajstić information content (AvgIpc) is 2.71. The Morgan fingerprint density at radius 2 is 1.92 bits per heavy atom. The van der Waals surface area contributed by atoms with Gasteiger partial charge in [0, 0.05) is 12.5 Å². The third-order valence-corrected chi connectivity index (χ3v) is 4.11. The third-order valence-electron chi connectivity index (χ3n) is 4.11. The molecule has 0 fully saturated rings. The normalized spacial score (nSPS) is 17.8. The summed E-state index contributed by atoms with van der Waals surface area (Å²) in [7, 11) is 0. The molecule has 2 aromatic rings. The fourth-order valence-corrected chi connectivity index (χ4v) is 2.88. The van der Waals surface area contributed by atoms with Crippen LogP contribution in [0.3, 0.4) is 0 Å². The number of nitrogens with one attached hydrogen (secondary N) is 3. The highest BCUT2D eigenvalue weighted by molar-refractivity contribution is 6.06. The zero-order chi connectivity index (χ0) is 17.1. The fourth-order valence-electron chi connectivity index (χ4n) is 2.88. The molecule has 0 saturated carbocycles. The summed E-state index contributed by atoms with van der Waals surface area (Å²) in [5, 5.41) is 9.14. The monoisotopic (exact) mass is 323 g/mol. The summed E-state index contributed by atoms with van der Waals surface area (Å²) in [5.74, 6) is -0.219. The van der Waals surface area contributed by atoms with Gasteiger partial charge in [-0.3, -0.25) is 9.59 Å². The summed E-state index contributed by atoms with van der Waals surface area (Å²) < 4.78 is 0. The van der Waals surface area contributed by atoms with E-state index in [1.807, 2.05) is 44.2 Å². The van der Waals surface area contributed by atoms with Crippen molar-refractivity contribution in [3.8, 4) is 0 Å². The molecule has 0 aromatic heterocycles. The van der Waals surface area contributed by atoms with E-state index in [2.05, 4.69) is 16.0 Å². The van der Waals surface area contributed by atoms with Crippen LogP contribution in [-0.4, -0.2) is 17.9 Å². The van der Waals surface area contributed by atoms with Crippen molar-refractivity contribution in [2.75, 3.05) is 10.6 Å². The lowest BCUT2D eigenvalue weighted by Gasteiger charge is -2.19. The lowest BCUT2D eigenvalue weighted by molar-refractivity contribution is -0.116. The highest BCUT2D eigenvalue weighted by Gasteiger charge is 2.23. The van der Waals surface area contributed by atoms with Gasteiger partial charge in [0.2, 0.25) is 5.91 Å². The summed E-state index contributed by atoms with van der Waals surface area (Å²) in [5.41, 5.74) is 2.89. The number of anilines is 2. The molecule has 0 saturated heterocycles. The lowest BCUT2D eigenvalue weighted by Crippen LogP contribution is -2.28. The Bertz CT molecular complexity index is 758. The smallest absolute Gasteiger partial charge is 0.253 e. The van der Waals surface area contributed by atoms with Crippen LogP contribution in [0.1, 0.15) is 42.2 Å². The molecule has 0 spiro atoms.